The zero-order valence-electron chi connectivity index (χ0n) is 6.51. The molecule has 1 heterocycles. The molecule has 0 aromatic rings. The Labute approximate surface area is 70.2 Å². The van der Waals surface area contributed by atoms with E-state index in [1.54, 1.807) is 4.90 Å². The van der Waals surface area contributed by atoms with Gasteiger partial charge in [-0.1, -0.05) is 11.9 Å². The van der Waals surface area contributed by atoms with Gasteiger partial charge in [0.15, 0.2) is 0 Å². The standard InChI is InChI=1S/C6H12FN3S/c1-11-10-5-4-9(3-2-7)6(10)8/h8H,2-5H2,1H3. The molecule has 0 atom stereocenters. The normalized spacial score (nSPS) is 18.2. The Morgan fingerprint density at radius 3 is 2.82 bits per heavy atom. The second-order valence-electron chi connectivity index (χ2n) is 2.28. The van der Waals surface area contributed by atoms with Crippen LogP contribution in [0.15, 0.2) is 0 Å². The molecular formula is C6H12FN3S. The van der Waals surface area contributed by atoms with Crippen molar-refractivity contribution in [3.05, 3.63) is 0 Å². The van der Waals surface area contributed by atoms with E-state index in [1.807, 2.05) is 10.6 Å². The molecule has 1 N–H and O–H groups in total. The van der Waals surface area contributed by atoms with Crippen LogP contribution in [0.25, 0.3) is 0 Å². The van der Waals surface area contributed by atoms with Crippen molar-refractivity contribution in [2.45, 2.75) is 0 Å². The molecule has 0 aliphatic carbocycles. The van der Waals surface area contributed by atoms with Crippen LogP contribution in [0, 0.1) is 5.41 Å². The van der Waals surface area contributed by atoms with Crippen molar-refractivity contribution in [3.8, 4) is 0 Å². The van der Waals surface area contributed by atoms with E-state index in [0.717, 1.165) is 13.1 Å². The maximum atomic E-state index is 11.9. The van der Waals surface area contributed by atoms with Gasteiger partial charge in [0.25, 0.3) is 0 Å². The first kappa shape index (κ1) is 8.64. The Morgan fingerprint density at radius 2 is 2.36 bits per heavy atom. The summed E-state index contributed by atoms with van der Waals surface area (Å²) < 4.78 is 13.7. The molecule has 1 rings (SSSR count). The first-order valence-electron chi connectivity index (χ1n) is 3.50. The number of alkyl halides is 1. The number of hydrogen-bond acceptors (Lipinski definition) is 2. The summed E-state index contributed by atoms with van der Waals surface area (Å²) in [5.74, 6) is 0.440. The number of halogens is 1. The molecular weight excluding hydrogens is 165 g/mol. The van der Waals surface area contributed by atoms with Gasteiger partial charge in [-0.25, -0.2) is 4.39 Å². The summed E-state index contributed by atoms with van der Waals surface area (Å²) in [7, 11) is 0. The third-order valence-corrected chi connectivity index (χ3v) is 2.48. The van der Waals surface area contributed by atoms with E-state index in [2.05, 4.69) is 0 Å². The van der Waals surface area contributed by atoms with Crippen molar-refractivity contribution >= 4 is 17.9 Å². The fourth-order valence-electron chi connectivity index (χ4n) is 1.08. The van der Waals surface area contributed by atoms with Gasteiger partial charge in [-0.2, -0.15) is 0 Å². The predicted molar refractivity (Wildman–Crippen MR) is 45.5 cm³/mol. The molecule has 0 saturated carbocycles. The topological polar surface area (TPSA) is 30.3 Å². The van der Waals surface area contributed by atoms with Gasteiger partial charge in [0, 0.05) is 19.3 Å². The van der Waals surface area contributed by atoms with Crippen molar-refractivity contribution in [1.82, 2.24) is 9.21 Å². The third-order valence-electron chi connectivity index (χ3n) is 1.68. The van der Waals surface area contributed by atoms with Crippen molar-refractivity contribution < 1.29 is 4.39 Å². The maximum Gasteiger partial charge on any atom is 0.204 e. The highest BCUT2D eigenvalue weighted by Crippen LogP contribution is 2.14. The molecule has 0 amide bonds. The van der Waals surface area contributed by atoms with Crippen LogP contribution in [0.5, 0.6) is 0 Å². The molecule has 11 heavy (non-hydrogen) atoms. The average molecular weight is 177 g/mol. The lowest BCUT2D eigenvalue weighted by Crippen LogP contribution is -2.30. The van der Waals surface area contributed by atoms with Gasteiger partial charge >= 0.3 is 0 Å². The van der Waals surface area contributed by atoms with E-state index in [4.69, 9.17) is 5.41 Å². The van der Waals surface area contributed by atoms with E-state index < -0.39 is 0 Å². The van der Waals surface area contributed by atoms with E-state index in [9.17, 15) is 4.39 Å². The highest BCUT2D eigenvalue weighted by atomic mass is 32.2. The van der Waals surface area contributed by atoms with E-state index in [0.29, 0.717) is 12.5 Å². The fourth-order valence-corrected chi connectivity index (χ4v) is 1.63. The minimum Gasteiger partial charge on any atom is -0.338 e. The number of hydrogen-bond donors (Lipinski definition) is 1. The smallest absolute Gasteiger partial charge is 0.204 e. The van der Waals surface area contributed by atoms with E-state index in [-0.39, 0.29) is 6.67 Å². The molecule has 1 aliphatic rings. The lowest BCUT2D eigenvalue weighted by atomic mass is 10.6. The number of nitrogens with zero attached hydrogens (tertiary/aromatic N) is 2. The summed E-state index contributed by atoms with van der Waals surface area (Å²) in [4.78, 5) is 1.75. The summed E-state index contributed by atoms with van der Waals surface area (Å²) in [5.41, 5.74) is 0. The van der Waals surface area contributed by atoms with Crippen molar-refractivity contribution in [2.75, 3.05) is 32.6 Å². The Bertz CT molecular complexity index is 153. The minimum absolute atomic E-state index is 0.357. The molecule has 1 aliphatic heterocycles. The first-order valence-corrected chi connectivity index (χ1v) is 4.69. The number of rotatable bonds is 3. The van der Waals surface area contributed by atoms with Crippen LogP contribution in [0.3, 0.4) is 0 Å². The zero-order chi connectivity index (χ0) is 8.27. The molecule has 0 aromatic carbocycles. The fraction of sp³-hybridized carbons (Fsp3) is 0.833. The molecule has 0 bridgehead atoms. The van der Waals surface area contributed by atoms with Gasteiger partial charge in [0.1, 0.15) is 6.67 Å². The van der Waals surface area contributed by atoms with Gasteiger partial charge in [0.2, 0.25) is 5.96 Å². The lowest BCUT2D eigenvalue weighted by Gasteiger charge is -2.17. The molecule has 0 radical (unpaired) electrons. The van der Waals surface area contributed by atoms with Crippen LogP contribution < -0.4 is 0 Å². The van der Waals surface area contributed by atoms with Crippen molar-refractivity contribution in [2.24, 2.45) is 0 Å². The van der Waals surface area contributed by atoms with Crippen LogP contribution in [-0.2, 0) is 0 Å². The average Bonchev–Trinajstić information content (AvgIpc) is 2.34. The second-order valence-corrected chi connectivity index (χ2v) is 3.09. The Hall–Kier alpha value is -0.450. The van der Waals surface area contributed by atoms with Crippen LogP contribution in [0.4, 0.5) is 4.39 Å². The molecule has 0 spiro atoms. The summed E-state index contributed by atoms with van der Waals surface area (Å²) in [6.07, 6.45) is 1.92. The van der Waals surface area contributed by atoms with Crippen LogP contribution >= 0.6 is 11.9 Å². The first-order chi connectivity index (χ1) is 5.29. The SMILES string of the molecule is CSN1CCN(CCF)C1=N. The largest absolute Gasteiger partial charge is 0.338 e. The predicted octanol–water partition coefficient (Wildman–Crippen LogP) is 0.786. The van der Waals surface area contributed by atoms with Gasteiger partial charge in [-0.3, -0.25) is 9.71 Å². The monoisotopic (exact) mass is 177 g/mol. The Morgan fingerprint density at radius 1 is 1.64 bits per heavy atom. The lowest BCUT2D eigenvalue weighted by molar-refractivity contribution is 0.376. The second kappa shape index (κ2) is 3.80. The highest BCUT2D eigenvalue weighted by molar-refractivity contribution is 7.96. The summed E-state index contributed by atoms with van der Waals surface area (Å²) >= 11 is 1.51. The van der Waals surface area contributed by atoms with Crippen molar-refractivity contribution in [1.29, 1.82) is 5.41 Å². The maximum absolute atomic E-state index is 11.9. The molecule has 64 valence electrons. The summed E-state index contributed by atoms with van der Waals surface area (Å²) in [6.45, 7) is 1.60. The molecule has 1 fully saturated rings. The molecule has 0 aromatic heterocycles. The van der Waals surface area contributed by atoms with Crippen LogP contribution in [-0.4, -0.2) is 47.7 Å². The Balaban J connectivity index is 2.42. The Kier molecular flexibility index (Phi) is 2.99. The van der Waals surface area contributed by atoms with Gasteiger partial charge in [0.05, 0.1) is 6.54 Å². The van der Waals surface area contributed by atoms with Crippen LogP contribution in [0.1, 0.15) is 0 Å². The highest BCUT2D eigenvalue weighted by Gasteiger charge is 2.23. The summed E-state index contributed by atoms with van der Waals surface area (Å²) in [5, 5.41) is 7.53. The zero-order valence-corrected chi connectivity index (χ0v) is 7.33. The quantitative estimate of drug-likeness (QED) is 0.646. The molecule has 1 saturated heterocycles. The van der Waals surface area contributed by atoms with Gasteiger partial charge < -0.3 is 4.90 Å². The molecule has 0 unspecified atom stereocenters. The number of guanidine groups is 1. The van der Waals surface area contributed by atoms with Crippen molar-refractivity contribution in [3.63, 3.8) is 0 Å². The van der Waals surface area contributed by atoms with E-state index >= 15 is 0 Å². The minimum atomic E-state index is -0.370. The van der Waals surface area contributed by atoms with Crippen LogP contribution in [0.2, 0.25) is 0 Å². The number of nitrogens with one attached hydrogen (secondary N) is 1. The third kappa shape index (κ3) is 1.77. The summed E-state index contributed by atoms with van der Waals surface area (Å²) in [6, 6.07) is 0. The molecule has 3 nitrogen and oxygen atoms in total. The molecule has 5 heteroatoms. The van der Waals surface area contributed by atoms with E-state index in [1.165, 1.54) is 11.9 Å². The van der Waals surface area contributed by atoms with Gasteiger partial charge in [-0.05, 0) is 0 Å². The van der Waals surface area contributed by atoms with Gasteiger partial charge in [-0.15, -0.1) is 0 Å².